The zero-order valence-electron chi connectivity index (χ0n) is 21.5. The summed E-state index contributed by atoms with van der Waals surface area (Å²) < 4.78 is 6.74. The first-order valence-corrected chi connectivity index (χ1v) is 13.1. The molecular formula is C29H34N2O6. The maximum absolute atomic E-state index is 12.1. The van der Waals surface area contributed by atoms with Crippen molar-refractivity contribution >= 4 is 18.0 Å². The van der Waals surface area contributed by atoms with Gasteiger partial charge in [0.2, 0.25) is 0 Å². The molecule has 0 radical (unpaired) electrons. The van der Waals surface area contributed by atoms with Crippen molar-refractivity contribution in [3.63, 3.8) is 0 Å². The Labute approximate surface area is 216 Å². The minimum Gasteiger partial charge on any atom is -0.479 e. The third-order valence-electron chi connectivity index (χ3n) is 10.4. The number of aromatic nitrogens is 2. The zero-order chi connectivity index (χ0) is 26.3. The Morgan fingerprint density at radius 1 is 1.22 bits per heavy atom. The van der Waals surface area contributed by atoms with E-state index in [-0.39, 0.29) is 36.0 Å². The molecule has 8 nitrogen and oxygen atoms in total. The SMILES string of the molecule is COC(=O)c1cccc(-n2ncc3c2C=C2CC[C@H]4[C@@H]([C@H](O)C[C@]5(C)[C@@H]4CC[C@@]5(O)C(=O)O)[C@]2(C)C3)c1. The highest BCUT2D eigenvalue weighted by molar-refractivity contribution is 5.90. The lowest BCUT2D eigenvalue weighted by molar-refractivity contribution is -0.193. The molecule has 2 aromatic rings. The molecule has 1 heterocycles. The Morgan fingerprint density at radius 2 is 2.00 bits per heavy atom. The molecule has 0 bridgehead atoms. The second kappa shape index (κ2) is 8.01. The summed E-state index contributed by atoms with van der Waals surface area (Å²) in [4.78, 5) is 24.2. The van der Waals surface area contributed by atoms with Crippen LogP contribution in [0.4, 0.5) is 0 Å². The van der Waals surface area contributed by atoms with Crippen molar-refractivity contribution in [2.45, 2.75) is 64.1 Å². The first-order valence-electron chi connectivity index (χ1n) is 13.1. The summed E-state index contributed by atoms with van der Waals surface area (Å²) in [5.74, 6) is -1.37. The molecule has 0 amide bonds. The largest absolute Gasteiger partial charge is 0.479 e. The third kappa shape index (κ3) is 3.18. The Morgan fingerprint density at radius 3 is 2.73 bits per heavy atom. The first-order chi connectivity index (χ1) is 17.5. The van der Waals surface area contributed by atoms with Gasteiger partial charge in [0.1, 0.15) is 0 Å². The molecule has 0 spiro atoms. The number of aliphatic carboxylic acids is 1. The van der Waals surface area contributed by atoms with E-state index in [0.29, 0.717) is 12.0 Å². The number of carboxylic acids is 1. The fraction of sp³-hybridized carbons (Fsp3) is 0.552. The summed E-state index contributed by atoms with van der Waals surface area (Å²) in [6.45, 7) is 4.11. The number of carboxylic acid groups (broad SMARTS) is 1. The number of carbonyl (C=O) groups is 2. The number of allylic oxidation sites excluding steroid dienone is 1. The van der Waals surface area contributed by atoms with E-state index in [1.54, 1.807) is 12.1 Å². The Balaban J connectivity index is 1.36. The second-order valence-electron chi connectivity index (χ2n) is 12.0. The molecule has 0 unspecified atom stereocenters. The van der Waals surface area contributed by atoms with Crippen molar-refractivity contribution in [2.24, 2.45) is 28.6 Å². The van der Waals surface area contributed by atoms with Gasteiger partial charge in [-0.2, -0.15) is 5.10 Å². The van der Waals surface area contributed by atoms with Crippen LogP contribution in [0.15, 0.2) is 36.0 Å². The number of ether oxygens (including phenoxy) is 1. The van der Waals surface area contributed by atoms with Crippen molar-refractivity contribution in [2.75, 3.05) is 7.11 Å². The van der Waals surface area contributed by atoms with Crippen molar-refractivity contribution in [1.29, 1.82) is 0 Å². The molecular weight excluding hydrogens is 472 g/mol. The number of fused-ring (bicyclic) bond motifs is 6. The predicted molar refractivity (Wildman–Crippen MR) is 135 cm³/mol. The molecule has 196 valence electrons. The maximum atomic E-state index is 12.1. The van der Waals surface area contributed by atoms with Crippen molar-refractivity contribution in [1.82, 2.24) is 9.78 Å². The molecule has 3 saturated carbocycles. The predicted octanol–water partition coefficient (Wildman–Crippen LogP) is 3.63. The summed E-state index contributed by atoms with van der Waals surface area (Å²) in [7, 11) is 1.36. The summed E-state index contributed by atoms with van der Waals surface area (Å²) in [6, 6.07) is 7.22. The van der Waals surface area contributed by atoms with Crippen LogP contribution in [0.25, 0.3) is 11.8 Å². The summed E-state index contributed by atoms with van der Waals surface area (Å²) >= 11 is 0. The van der Waals surface area contributed by atoms with E-state index in [4.69, 9.17) is 4.74 Å². The van der Waals surface area contributed by atoms with Gasteiger partial charge in [0.25, 0.3) is 0 Å². The van der Waals surface area contributed by atoms with Gasteiger partial charge in [-0.05, 0) is 91.5 Å². The first kappa shape index (κ1) is 24.4. The number of carbonyl (C=O) groups excluding carboxylic acids is 1. The third-order valence-corrected chi connectivity index (χ3v) is 10.4. The van der Waals surface area contributed by atoms with Crippen LogP contribution in [0.1, 0.15) is 67.6 Å². The standard InChI is InChI=1S/C29H34N2O6/c1-27-13-17-15-30-31(19-6-4-5-16(11-19)25(33)37-3)22(17)12-18(27)7-8-20-21-9-10-29(36,26(34)35)28(21,2)14-23(32)24(20)27/h4-6,11-12,15,20-21,23-24,32,36H,7-10,13-14H2,1-3H3,(H,34,35)/t20-,21-,23-,24+,27-,28-,29-/m1/s1. The van der Waals surface area contributed by atoms with Crippen LogP contribution in [-0.4, -0.2) is 55.9 Å². The molecule has 6 rings (SSSR count). The number of hydrogen-bond acceptors (Lipinski definition) is 6. The van der Waals surface area contributed by atoms with E-state index in [1.165, 1.54) is 12.7 Å². The van der Waals surface area contributed by atoms with Crippen molar-refractivity contribution in [3.05, 3.63) is 52.9 Å². The van der Waals surface area contributed by atoms with E-state index < -0.39 is 29.1 Å². The normalized spacial score (nSPS) is 38.0. The molecule has 0 aliphatic heterocycles. The molecule has 37 heavy (non-hydrogen) atoms. The van der Waals surface area contributed by atoms with Gasteiger partial charge >= 0.3 is 11.9 Å². The smallest absolute Gasteiger partial charge is 0.337 e. The van der Waals surface area contributed by atoms with Crippen molar-refractivity contribution < 1.29 is 29.6 Å². The summed E-state index contributed by atoms with van der Waals surface area (Å²) in [5.41, 5.74) is 1.69. The van der Waals surface area contributed by atoms with E-state index in [1.807, 2.05) is 29.9 Å². The Kier molecular flexibility index (Phi) is 5.28. The highest BCUT2D eigenvalue weighted by atomic mass is 16.5. The summed E-state index contributed by atoms with van der Waals surface area (Å²) in [6.07, 6.45) is 7.03. The number of benzene rings is 1. The second-order valence-corrected chi connectivity index (χ2v) is 12.0. The number of aliphatic hydroxyl groups is 2. The van der Waals surface area contributed by atoms with Crippen LogP contribution in [0.3, 0.4) is 0 Å². The number of hydrogen-bond donors (Lipinski definition) is 3. The molecule has 4 aliphatic rings. The number of methoxy groups -OCH3 is 1. The van der Waals surface area contributed by atoms with Gasteiger partial charge in [-0.3, -0.25) is 0 Å². The Hall–Kier alpha value is -2.97. The highest BCUT2D eigenvalue weighted by Crippen LogP contribution is 2.67. The van der Waals surface area contributed by atoms with E-state index in [0.717, 1.165) is 36.2 Å². The Bertz CT molecular complexity index is 1330. The molecule has 3 fully saturated rings. The van der Waals surface area contributed by atoms with Gasteiger partial charge in [0, 0.05) is 5.41 Å². The van der Waals surface area contributed by atoms with Gasteiger partial charge in [-0.1, -0.05) is 25.5 Å². The molecule has 7 atom stereocenters. The van der Waals surface area contributed by atoms with Crippen LogP contribution in [-0.2, 0) is 16.0 Å². The highest BCUT2D eigenvalue weighted by Gasteiger charge is 2.68. The molecule has 1 aromatic carbocycles. The van der Waals surface area contributed by atoms with Gasteiger partial charge in [0.05, 0.1) is 36.4 Å². The lowest BCUT2D eigenvalue weighted by Gasteiger charge is -2.60. The zero-order valence-corrected chi connectivity index (χ0v) is 21.5. The fourth-order valence-electron chi connectivity index (χ4n) is 8.63. The van der Waals surface area contributed by atoms with E-state index in [9.17, 15) is 24.9 Å². The average Bonchev–Trinajstić information content (AvgIpc) is 3.39. The fourth-order valence-corrected chi connectivity index (χ4v) is 8.63. The number of rotatable bonds is 3. The van der Waals surface area contributed by atoms with Crippen LogP contribution in [0.5, 0.6) is 0 Å². The average molecular weight is 507 g/mol. The van der Waals surface area contributed by atoms with Crippen LogP contribution in [0, 0.1) is 28.6 Å². The van der Waals surface area contributed by atoms with Gasteiger partial charge in [-0.15, -0.1) is 0 Å². The number of esters is 1. The lowest BCUT2D eigenvalue weighted by Crippen LogP contribution is -2.61. The quantitative estimate of drug-likeness (QED) is 0.544. The monoisotopic (exact) mass is 506 g/mol. The topological polar surface area (TPSA) is 122 Å². The van der Waals surface area contributed by atoms with E-state index in [2.05, 4.69) is 18.1 Å². The molecule has 0 saturated heterocycles. The van der Waals surface area contributed by atoms with Gasteiger partial charge in [-0.25, -0.2) is 14.3 Å². The van der Waals surface area contributed by atoms with Crippen LogP contribution in [0.2, 0.25) is 0 Å². The lowest BCUT2D eigenvalue weighted by atomic mass is 9.45. The van der Waals surface area contributed by atoms with Gasteiger partial charge in [0.15, 0.2) is 5.60 Å². The summed E-state index contributed by atoms with van der Waals surface area (Å²) in [5, 5.41) is 37.3. The van der Waals surface area contributed by atoms with Crippen LogP contribution < -0.4 is 0 Å². The number of aliphatic hydroxyl groups excluding tert-OH is 1. The molecule has 1 aromatic heterocycles. The minimum atomic E-state index is -1.79. The van der Waals surface area contributed by atoms with Crippen molar-refractivity contribution in [3.8, 4) is 5.69 Å². The van der Waals surface area contributed by atoms with E-state index >= 15 is 0 Å². The minimum absolute atomic E-state index is 0.0131. The molecule has 3 N–H and O–H groups in total. The van der Waals surface area contributed by atoms with Gasteiger partial charge < -0.3 is 20.1 Å². The molecule has 4 aliphatic carbocycles. The molecule has 8 heteroatoms. The maximum Gasteiger partial charge on any atom is 0.337 e. The number of nitrogens with zero attached hydrogens (tertiary/aromatic N) is 2. The van der Waals surface area contributed by atoms with Crippen LogP contribution >= 0.6 is 0 Å².